The molecule has 0 unspecified atom stereocenters. The Hall–Kier alpha value is -3.74. The molecule has 2 aromatic rings. The molecule has 182 valence electrons. The molecule has 7 heteroatoms. The van der Waals surface area contributed by atoms with Crippen LogP contribution in [0.15, 0.2) is 66.7 Å². The standard InChI is InChI=1S/C29H26N2O5/c32-24-11-17(15-30(24)14-16-5-2-1-3-6-16)29(35)36-19-8-4-7-18(12-19)31-27(33)25-20-9-10-21(23-13-22(20)23)26(25)28(31)34/h1-10,12,17,20-23,25-26H,11,13-15H2/t17-,20+,21+,22-,23+,25-,26-/m1/s1. The van der Waals surface area contributed by atoms with E-state index in [2.05, 4.69) is 12.2 Å². The van der Waals surface area contributed by atoms with Crippen LogP contribution in [-0.2, 0) is 25.7 Å². The van der Waals surface area contributed by atoms with Crippen LogP contribution in [0.5, 0.6) is 5.75 Å². The third kappa shape index (κ3) is 3.25. The van der Waals surface area contributed by atoms with E-state index >= 15 is 0 Å². The minimum atomic E-state index is -0.559. The number of anilines is 1. The van der Waals surface area contributed by atoms with E-state index in [9.17, 15) is 19.2 Å². The lowest BCUT2D eigenvalue weighted by molar-refractivity contribution is -0.139. The van der Waals surface area contributed by atoms with Gasteiger partial charge in [-0.05, 0) is 47.8 Å². The largest absolute Gasteiger partial charge is 0.426 e. The van der Waals surface area contributed by atoms with Gasteiger partial charge >= 0.3 is 5.97 Å². The fourth-order valence-corrected chi connectivity index (χ4v) is 6.98. The van der Waals surface area contributed by atoms with Gasteiger partial charge in [-0.3, -0.25) is 19.2 Å². The number of imide groups is 1. The van der Waals surface area contributed by atoms with Crippen molar-refractivity contribution in [1.82, 2.24) is 4.90 Å². The summed E-state index contributed by atoms with van der Waals surface area (Å²) in [6.45, 7) is 0.760. The van der Waals surface area contributed by atoms with Gasteiger partial charge in [0, 0.05) is 25.6 Å². The maximum atomic E-state index is 13.4. The number of hydrogen-bond acceptors (Lipinski definition) is 5. The first kappa shape index (κ1) is 21.5. The molecule has 6 aliphatic rings. The second-order valence-corrected chi connectivity index (χ2v) is 10.7. The highest BCUT2D eigenvalue weighted by Gasteiger charge is 2.67. The molecule has 7 atom stereocenters. The van der Waals surface area contributed by atoms with Crippen molar-refractivity contribution in [3.8, 4) is 5.75 Å². The second-order valence-electron chi connectivity index (χ2n) is 10.7. The molecule has 0 aromatic heterocycles. The first-order valence-electron chi connectivity index (χ1n) is 12.7. The lowest BCUT2D eigenvalue weighted by atomic mass is 9.63. The predicted molar refractivity (Wildman–Crippen MR) is 129 cm³/mol. The van der Waals surface area contributed by atoms with Gasteiger partial charge in [0.1, 0.15) is 5.75 Å². The zero-order chi connectivity index (χ0) is 24.6. The molecule has 8 rings (SSSR count). The lowest BCUT2D eigenvalue weighted by Crippen LogP contribution is -2.40. The Kier molecular flexibility index (Phi) is 4.72. The zero-order valence-corrected chi connectivity index (χ0v) is 19.7. The van der Waals surface area contributed by atoms with Gasteiger partial charge in [-0.1, -0.05) is 48.6 Å². The molecule has 2 heterocycles. The normalized spacial score (nSPS) is 33.7. The molecule has 3 amide bonds. The number of carbonyl (C=O) groups excluding carboxylic acids is 4. The second kappa shape index (κ2) is 7.88. The molecule has 2 aromatic carbocycles. The molecule has 2 saturated heterocycles. The summed E-state index contributed by atoms with van der Waals surface area (Å²) in [7, 11) is 0. The summed E-state index contributed by atoms with van der Waals surface area (Å²) in [6, 6.07) is 16.3. The van der Waals surface area contributed by atoms with Gasteiger partial charge in [-0.2, -0.15) is 0 Å². The summed E-state index contributed by atoms with van der Waals surface area (Å²) in [5.74, 6) is -0.281. The highest BCUT2D eigenvalue weighted by molar-refractivity contribution is 6.22. The van der Waals surface area contributed by atoms with Crippen LogP contribution in [0.25, 0.3) is 0 Å². The third-order valence-corrected chi connectivity index (χ3v) is 8.72. The maximum absolute atomic E-state index is 13.4. The molecule has 2 aliphatic heterocycles. The van der Waals surface area contributed by atoms with Crippen LogP contribution in [0, 0.1) is 41.4 Å². The number of allylic oxidation sites excluding steroid dienone is 2. The average Bonchev–Trinajstić information content (AvgIpc) is 3.57. The number of likely N-dealkylation sites (tertiary alicyclic amines) is 1. The third-order valence-electron chi connectivity index (χ3n) is 8.72. The molecule has 0 radical (unpaired) electrons. The van der Waals surface area contributed by atoms with E-state index in [0.717, 1.165) is 12.0 Å². The Bertz CT molecular complexity index is 1280. The minimum Gasteiger partial charge on any atom is -0.426 e. The molecule has 2 saturated carbocycles. The predicted octanol–water partition coefficient (Wildman–Crippen LogP) is 3.20. The SMILES string of the molecule is O=C(Oc1cccc(N2C(=O)[C@@H]3[C@H]4C=C[C@@H]([C@@H]5C[C@H]45)[C@H]3C2=O)c1)[C@@H]1CC(=O)N(Cc2ccccc2)C1. The van der Waals surface area contributed by atoms with E-state index in [-0.39, 0.29) is 53.6 Å². The van der Waals surface area contributed by atoms with Crippen molar-refractivity contribution < 1.29 is 23.9 Å². The average molecular weight is 483 g/mol. The Morgan fingerprint density at radius 2 is 1.58 bits per heavy atom. The summed E-state index contributed by atoms with van der Waals surface area (Å²) in [6.07, 6.45) is 5.53. The van der Waals surface area contributed by atoms with Crippen molar-refractivity contribution >= 4 is 29.4 Å². The number of benzene rings is 2. The van der Waals surface area contributed by atoms with Crippen LogP contribution in [0.3, 0.4) is 0 Å². The number of carbonyl (C=O) groups is 4. The van der Waals surface area contributed by atoms with Crippen molar-refractivity contribution in [3.05, 3.63) is 72.3 Å². The molecule has 4 fully saturated rings. The summed E-state index contributed by atoms with van der Waals surface area (Å²) in [5.41, 5.74) is 1.44. The monoisotopic (exact) mass is 482 g/mol. The van der Waals surface area contributed by atoms with E-state index in [1.807, 2.05) is 30.3 Å². The van der Waals surface area contributed by atoms with Gasteiger partial charge in [0.15, 0.2) is 0 Å². The summed E-state index contributed by atoms with van der Waals surface area (Å²) < 4.78 is 5.63. The molecule has 2 bridgehead atoms. The van der Waals surface area contributed by atoms with E-state index in [4.69, 9.17) is 4.74 Å². The fourth-order valence-electron chi connectivity index (χ4n) is 6.98. The first-order valence-corrected chi connectivity index (χ1v) is 12.7. The van der Waals surface area contributed by atoms with Gasteiger partial charge in [0.2, 0.25) is 17.7 Å². The number of amides is 3. The number of ether oxygens (including phenoxy) is 1. The zero-order valence-electron chi connectivity index (χ0n) is 19.7. The molecule has 36 heavy (non-hydrogen) atoms. The van der Waals surface area contributed by atoms with Crippen LogP contribution in [0.4, 0.5) is 5.69 Å². The van der Waals surface area contributed by atoms with E-state index in [1.54, 1.807) is 29.2 Å². The van der Waals surface area contributed by atoms with Gasteiger partial charge in [0.05, 0.1) is 23.4 Å². The van der Waals surface area contributed by atoms with Crippen molar-refractivity contribution in [2.45, 2.75) is 19.4 Å². The molecule has 0 N–H and O–H groups in total. The smallest absolute Gasteiger partial charge is 0.316 e. The maximum Gasteiger partial charge on any atom is 0.316 e. The molecular formula is C29H26N2O5. The molecule has 0 spiro atoms. The Balaban J connectivity index is 1.05. The van der Waals surface area contributed by atoms with Crippen LogP contribution in [0.1, 0.15) is 18.4 Å². The Morgan fingerprint density at radius 3 is 2.28 bits per heavy atom. The van der Waals surface area contributed by atoms with Crippen molar-refractivity contribution in [2.75, 3.05) is 11.4 Å². The van der Waals surface area contributed by atoms with E-state index < -0.39 is 11.9 Å². The Labute approximate surface area is 208 Å². The van der Waals surface area contributed by atoms with Gasteiger partial charge < -0.3 is 9.64 Å². The molecular weight excluding hydrogens is 456 g/mol. The van der Waals surface area contributed by atoms with Gasteiger partial charge in [-0.25, -0.2) is 4.90 Å². The van der Waals surface area contributed by atoms with Crippen molar-refractivity contribution in [3.63, 3.8) is 0 Å². The van der Waals surface area contributed by atoms with Crippen LogP contribution in [0.2, 0.25) is 0 Å². The van der Waals surface area contributed by atoms with Gasteiger partial charge in [-0.15, -0.1) is 0 Å². The quantitative estimate of drug-likeness (QED) is 0.283. The lowest BCUT2D eigenvalue weighted by Gasteiger charge is -2.37. The summed E-state index contributed by atoms with van der Waals surface area (Å²) >= 11 is 0. The van der Waals surface area contributed by atoms with Crippen LogP contribution in [-0.4, -0.2) is 35.1 Å². The fraction of sp³-hybridized carbons (Fsp3) is 0.379. The van der Waals surface area contributed by atoms with Crippen molar-refractivity contribution in [2.24, 2.45) is 41.4 Å². The van der Waals surface area contributed by atoms with Gasteiger partial charge in [0.25, 0.3) is 0 Å². The minimum absolute atomic E-state index is 0.0771. The number of rotatable bonds is 5. The first-order chi connectivity index (χ1) is 17.5. The Morgan fingerprint density at radius 1 is 0.889 bits per heavy atom. The summed E-state index contributed by atoms with van der Waals surface area (Å²) in [5, 5.41) is 0. The summed E-state index contributed by atoms with van der Waals surface area (Å²) in [4.78, 5) is 55.1. The molecule has 4 aliphatic carbocycles. The van der Waals surface area contributed by atoms with Crippen LogP contribution >= 0.6 is 0 Å². The highest BCUT2D eigenvalue weighted by atomic mass is 16.5. The van der Waals surface area contributed by atoms with Crippen LogP contribution < -0.4 is 9.64 Å². The van der Waals surface area contributed by atoms with E-state index in [0.29, 0.717) is 30.6 Å². The number of hydrogen-bond donors (Lipinski definition) is 0. The number of nitrogens with zero attached hydrogens (tertiary/aromatic N) is 2. The topological polar surface area (TPSA) is 84.0 Å². The highest BCUT2D eigenvalue weighted by Crippen LogP contribution is 2.65. The molecule has 7 nitrogen and oxygen atoms in total. The van der Waals surface area contributed by atoms with Crippen molar-refractivity contribution in [1.29, 1.82) is 0 Å². The van der Waals surface area contributed by atoms with E-state index in [1.165, 1.54) is 4.90 Å². The number of esters is 1.